The lowest BCUT2D eigenvalue weighted by molar-refractivity contribution is -0.384. The molecule has 7 heteroatoms. The molecule has 0 aromatic heterocycles. The minimum Gasteiger partial charge on any atom is -0.489 e. The lowest BCUT2D eigenvalue weighted by atomic mass is 10.2. The molecule has 0 aliphatic heterocycles. The number of rotatable bonds is 4. The molecule has 0 amide bonds. The lowest BCUT2D eigenvalue weighted by Gasteiger charge is -2.07. The topological polar surface area (TPSA) is 76.2 Å². The van der Waals surface area contributed by atoms with Crippen LogP contribution in [0.4, 0.5) is 10.1 Å². The fraction of sp³-hybridized carbons (Fsp3) is 0.0714. The molecule has 2 aromatic rings. The van der Waals surface area contributed by atoms with Crippen LogP contribution in [0.25, 0.3) is 0 Å². The summed E-state index contributed by atoms with van der Waals surface area (Å²) in [6, 6.07) is 9.81. The highest BCUT2D eigenvalue weighted by molar-refractivity contribution is 6.32. The second kappa shape index (κ2) is 6.20. The minimum absolute atomic E-state index is 0.0172. The monoisotopic (exact) mass is 306 g/mol. The van der Waals surface area contributed by atoms with Crippen molar-refractivity contribution in [3.63, 3.8) is 0 Å². The third-order valence-electron chi connectivity index (χ3n) is 2.67. The van der Waals surface area contributed by atoms with Gasteiger partial charge in [0.15, 0.2) is 0 Å². The molecule has 0 saturated heterocycles. The molecule has 0 aliphatic rings. The first-order valence-electron chi connectivity index (χ1n) is 5.76. The van der Waals surface area contributed by atoms with Crippen molar-refractivity contribution in [2.75, 3.05) is 0 Å². The van der Waals surface area contributed by atoms with Gasteiger partial charge in [-0.2, -0.15) is 5.26 Å². The number of hydrogen-bond acceptors (Lipinski definition) is 4. The third-order valence-corrected chi connectivity index (χ3v) is 2.99. The fourth-order valence-electron chi connectivity index (χ4n) is 1.63. The number of hydrogen-bond donors (Lipinski definition) is 0. The number of nitrogens with zero attached hydrogens (tertiary/aromatic N) is 2. The first kappa shape index (κ1) is 14.8. The zero-order valence-electron chi connectivity index (χ0n) is 10.5. The Kier molecular flexibility index (Phi) is 4.36. The first-order chi connectivity index (χ1) is 10.0. The van der Waals surface area contributed by atoms with E-state index in [1.807, 2.05) is 0 Å². The molecule has 0 radical (unpaired) electrons. The van der Waals surface area contributed by atoms with Crippen LogP contribution < -0.4 is 4.74 Å². The molecule has 0 spiro atoms. The summed E-state index contributed by atoms with van der Waals surface area (Å²) in [5.74, 6) is -0.457. The van der Waals surface area contributed by atoms with E-state index in [-0.39, 0.29) is 28.6 Å². The second-order valence-corrected chi connectivity index (χ2v) is 4.49. The van der Waals surface area contributed by atoms with E-state index in [0.29, 0.717) is 5.56 Å². The van der Waals surface area contributed by atoms with E-state index in [4.69, 9.17) is 21.6 Å². The molecule has 0 unspecified atom stereocenters. The van der Waals surface area contributed by atoms with E-state index >= 15 is 0 Å². The van der Waals surface area contributed by atoms with Crippen molar-refractivity contribution in [2.45, 2.75) is 6.61 Å². The first-order valence-corrected chi connectivity index (χ1v) is 6.14. The summed E-state index contributed by atoms with van der Waals surface area (Å²) in [5, 5.41) is 19.4. The maximum atomic E-state index is 13.4. The van der Waals surface area contributed by atoms with Crippen molar-refractivity contribution in [2.24, 2.45) is 0 Å². The molecule has 0 N–H and O–H groups in total. The average Bonchev–Trinajstić information content (AvgIpc) is 2.46. The summed E-state index contributed by atoms with van der Waals surface area (Å²) < 4.78 is 18.7. The summed E-state index contributed by atoms with van der Waals surface area (Å²) in [7, 11) is 0. The van der Waals surface area contributed by atoms with Crippen LogP contribution in [0.5, 0.6) is 5.75 Å². The number of nitro groups is 1. The quantitative estimate of drug-likeness (QED) is 0.635. The van der Waals surface area contributed by atoms with Crippen LogP contribution in [-0.2, 0) is 6.61 Å². The lowest BCUT2D eigenvalue weighted by Crippen LogP contribution is -1.98. The normalized spacial score (nSPS) is 9.95. The average molecular weight is 307 g/mol. The zero-order chi connectivity index (χ0) is 15.4. The van der Waals surface area contributed by atoms with Crippen LogP contribution in [0, 0.1) is 27.3 Å². The SMILES string of the molecule is N#Cc1ccc(OCc2ccc(Cl)c([N+](=O)[O-])c2)cc1F. The van der Waals surface area contributed by atoms with Crippen LogP contribution in [0.1, 0.15) is 11.1 Å². The molecular weight excluding hydrogens is 299 g/mol. The van der Waals surface area contributed by atoms with E-state index in [0.717, 1.165) is 6.07 Å². The number of nitriles is 1. The molecule has 0 heterocycles. The molecule has 106 valence electrons. The number of ether oxygens (including phenoxy) is 1. The standard InChI is InChI=1S/C14H8ClFN2O3/c15-12-4-1-9(5-14(12)18(19)20)8-21-11-3-2-10(7-17)13(16)6-11/h1-6H,8H2. The number of nitro benzene ring substituents is 1. The van der Waals surface area contributed by atoms with Gasteiger partial charge in [-0.25, -0.2) is 4.39 Å². The van der Waals surface area contributed by atoms with E-state index < -0.39 is 10.7 Å². The van der Waals surface area contributed by atoms with Crippen molar-refractivity contribution in [1.29, 1.82) is 5.26 Å². The van der Waals surface area contributed by atoms with Crippen LogP contribution >= 0.6 is 11.6 Å². The van der Waals surface area contributed by atoms with Crippen molar-refractivity contribution in [1.82, 2.24) is 0 Å². The molecular formula is C14H8ClFN2O3. The van der Waals surface area contributed by atoms with E-state index in [2.05, 4.69) is 0 Å². The van der Waals surface area contributed by atoms with Gasteiger partial charge in [-0.05, 0) is 23.8 Å². The zero-order valence-corrected chi connectivity index (χ0v) is 11.3. The van der Waals surface area contributed by atoms with Crippen molar-refractivity contribution in [3.05, 3.63) is 68.5 Å². The highest BCUT2D eigenvalue weighted by Crippen LogP contribution is 2.26. The van der Waals surface area contributed by atoms with Gasteiger partial charge in [0.1, 0.15) is 29.3 Å². The molecule has 2 rings (SSSR count). The molecule has 0 fully saturated rings. The second-order valence-electron chi connectivity index (χ2n) is 4.09. The molecule has 2 aromatic carbocycles. The predicted octanol–water partition coefficient (Wildman–Crippen LogP) is 3.84. The molecule has 5 nitrogen and oxygen atoms in total. The van der Waals surface area contributed by atoms with Gasteiger partial charge < -0.3 is 4.74 Å². The number of benzene rings is 2. The van der Waals surface area contributed by atoms with Gasteiger partial charge in [0.25, 0.3) is 5.69 Å². The highest BCUT2D eigenvalue weighted by Gasteiger charge is 2.13. The van der Waals surface area contributed by atoms with Gasteiger partial charge in [-0.1, -0.05) is 17.7 Å². The summed E-state index contributed by atoms with van der Waals surface area (Å²) >= 11 is 5.70. The summed E-state index contributed by atoms with van der Waals surface area (Å²) in [4.78, 5) is 10.2. The van der Waals surface area contributed by atoms with Crippen molar-refractivity contribution in [3.8, 4) is 11.8 Å². The van der Waals surface area contributed by atoms with Gasteiger partial charge in [-0.15, -0.1) is 0 Å². The summed E-state index contributed by atoms with van der Waals surface area (Å²) in [6.45, 7) is 0.0172. The Hall–Kier alpha value is -2.65. The van der Waals surface area contributed by atoms with E-state index in [1.54, 1.807) is 12.1 Å². The predicted molar refractivity (Wildman–Crippen MR) is 73.6 cm³/mol. The maximum Gasteiger partial charge on any atom is 0.288 e. The fourth-order valence-corrected chi connectivity index (χ4v) is 1.82. The van der Waals surface area contributed by atoms with Crippen molar-refractivity contribution < 1.29 is 14.1 Å². The van der Waals surface area contributed by atoms with Gasteiger partial charge in [-0.3, -0.25) is 10.1 Å². The molecule has 0 bridgehead atoms. The maximum absolute atomic E-state index is 13.4. The van der Waals surface area contributed by atoms with Crippen LogP contribution in [0.3, 0.4) is 0 Å². The number of halogens is 2. The van der Waals surface area contributed by atoms with Crippen LogP contribution in [0.2, 0.25) is 5.02 Å². The Morgan fingerprint density at radius 3 is 2.71 bits per heavy atom. The van der Waals surface area contributed by atoms with Crippen LogP contribution in [-0.4, -0.2) is 4.92 Å². The van der Waals surface area contributed by atoms with Gasteiger partial charge in [0.05, 0.1) is 10.5 Å². The minimum atomic E-state index is -0.683. The Labute approximate surface area is 124 Å². The van der Waals surface area contributed by atoms with Crippen molar-refractivity contribution >= 4 is 17.3 Å². The van der Waals surface area contributed by atoms with Gasteiger partial charge >= 0.3 is 0 Å². The van der Waals surface area contributed by atoms with E-state index in [9.17, 15) is 14.5 Å². The van der Waals surface area contributed by atoms with Crippen LogP contribution in [0.15, 0.2) is 36.4 Å². The molecule has 0 atom stereocenters. The Morgan fingerprint density at radius 2 is 2.10 bits per heavy atom. The highest BCUT2D eigenvalue weighted by atomic mass is 35.5. The Morgan fingerprint density at radius 1 is 1.33 bits per heavy atom. The van der Waals surface area contributed by atoms with Gasteiger partial charge in [0, 0.05) is 12.1 Å². The van der Waals surface area contributed by atoms with Gasteiger partial charge in [0.2, 0.25) is 0 Å². The largest absolute Gasteiger partial charge is 0.489 e. The molecule has 0 saturated carbocycles. The summed E-state index contributed by atoms with van der Waals surface area (Å²) in [5.41, 5.74) is 0.226. The summed E-state index contributed by atoms with van der Waals surface area (Å²) in [6.07, 6.45) is 0. The Bertz CT molecular complexity index is 743. The molecule has 0 aliphatic carbocycles. The van der Waals surface area contributed by atoms with E-state index in [1.165, 1.54) is 24.3 Å². The Balaban J connectivity index is 2.13. The third kappa shape index (κ3) is 3.46. The smallest absolute Gasteiger partial charge is 0.288 e. The molecule has 21 heavy (non-hydrogen) atoms.